The Morgan fingerprint density at radius 1 is 1.37 bits per heavy atom. The zero-order chi connectivity index (χ0) is 14.3. The highest BCUT2D eigenvalue weighted by Crippen LogP contribution is 2.10. The summed E-state index contributed by atoms with van der Waals surface area (Å²) >= 11 is 0. The molecule has 0 aromatic heterocycles. The maximum atomic E-state index is 11.8. The van der Waals surface area contributed by atoms with E-state index in [0.29, 0.717) is 18.2 Å². The monoisotopic (exact) mass is 264 g/mol. The van der Waals surface area contributed by atoms with Gasteiger partial charge in [0.2, 0.25) is 0 Å². The van der Waals surface area contributed by atoms with Gasteiger partial charge in [-0.2, -0.15) is 0 Å². The quantitative estimate of drug-likeness (QED) is 0.743. The summed E-state index contributed by atoms with van der Waals surface area (Å²) in [5.41, 5.74) is 0.499. The molecule has 0 fully saturated rings. The van der Waals surface area contributed by atoms with E-state index in [2.05, 4.69) is 31.1 Å². The minimum absolute atomic E-state index is 0.117. The first-order chi connectivity index (χ1) is 9.00. The molecule has 0 atom stereocenters. The number of phenols is 1. The van der Waals surface area contributed by atoms with E-state index in [9.17, 15) is 9.90 Å². The van der Waals surface area contributed by atoms with Gasteiger partial charge in [0.25, 0.3) is 5.91 Å². The molecule has 0 saturated heterocycles. The Balaban J connectivity index is 2.21. The number of nitrogens with zero attached hydrogens (tertiary/aromatic N) is 1. The van der Waals surface area contributed by atoms with Crippen LogP contribution in [0.25, 0.3) is 0 Å². The van der Waals surface area contributed by atoms with E-state index in [1.807, 2.05) is 0 Å². The van der Waals surface area contributed by atoms with Crippen LogP contribution < -0.4 is 5.32 Å². The molecule has 19 heavy (non-hydrogen) atoms. The molecule has 2 N–H and O–H groups in total. The second-order valence-electron chi connectivity index (χ2n) is 5.09. The van der Waals surface area contributed by atoms with Crippen LogP contribution in [0.5, 0.6) is 5.75 Å². The lowest BCUT2D eigenvalue weighted by Gasteiger charge is -2.20. The Bertz CT molecular complexity index is 405. The SMILES string of the molecule is CC(C)N(C)CCCCNC(=O)c1cccc(O)c1. The fraction of sp³-hybridized carbons (Fsp3) is 0.533. The number of nitrogens with one attached hydrogen (secondary N) is 1. The fourth-order valence-corrected chi connectivity index (χ4v) is 1.70. The highest BCUT2D eigenvalue weighted by Gasteiger charge is 2.05. The molecule has 0 unspecified atom stereocenters. The topological polar surface area (TPSA) is 52.6 Å². The second-order valence-corrected chi connectivity index (χ2v) is 5.09. The molecular formula is C15H24N2O2. The molecular weight excluding hydrogens is 240 g/mol. The predicted octanol–water partition coefficient (Wildman–Crippen LogP) is 2.24. The fourth-order valence-electron chi connectivity index (χ4n) is 1.70. The van der Waals surface area contributed by atoms with E-state index in [4.69, 9.17) is 0 Å². The summed E-state index contributed by atoms with van der Waals surface area (Å²) in [6.07, 6.45) is 2.02. The minimum Gasteiger partial charge on any atom is -0.508 e. The molecule has 0 heterocycles. The Morgan fingerprint density at radius 2 is 2.11 bits per heavy atom. The van der Waals surface area contributed by atoms with Crippen molar-refractivity contribution in [1.82, 2.24) is 10.2 Å². The number of carbonyl (C=O) groups is 1. The van der Waals surface area contributed by atoms with Gasteiger partial charge in [-0.25, -0.2) is 0 Å². The number of carbonyl (C=O) groups excluding carboxylic acids is 1. The molecule has 0 aliphatic carbocycles. The largest absolute Gasteiger partial charge is 0.508 e. The van der Waals surface area contributed by atoms with Crippen LogP contribution >= 0.6 is 0 Å². The first kappa shape index (κ1) is 15.5. The third-order valence-electron chi connectivity index (χ3n) is 3.21. The molecule has 0 saturated carbocycles. The molecule has 1 amide bonds. The highest BCUT2D eigenvalue weighted by molar-refractivity contribution is 5.94. The standard InChI is InChI=1S/C15H24N2O2/c1-12(2)17(3)10-5-4-9-16-15(19)13-7-6-8-14(18)11-13/h6-8,11-12,18H,4-5,9-10H2,1-3H3,(H,16,19). The van der Waals surface area contributed by atoms with Gasteiger partial charge < -0.3 is 15.3 Å². The normalized spacial score (nSPS) is 11.0. The lowest BCUT2D eigenvalue weighted by molar-refractivity contribution is 0.0952. The van der Waals surface area contributed by atoms with Gasteiger partial charge in [0, 0.05) is 18.2 Å². The first-order valence-electron chi connectivity index (χ1n) is 6.78. The lowest BCUT2D eigenvalue weighted by atomic mass is 10.2. The van der Waals surface area contributed by atoms with E-state index in [1.54, 1.807) is 18.2 Å². The van der Waals surface area contributed by atoms with Crippen LogP contribution in [-0.4, -0.2) is 42.1 Å². The van der Waals surface area contributed by atoms with Crippen molar-refractivity contribution in [3.05, 3.63) is 29.8 Å². The summed E-state index contributed by atoms with van der Waals surface area (Å²) in [6.45, 7) is 6.05. The molecule has 0 bridgehead atoms. The van der Waals surface area contributed by atoms with Crippen LogP contribution in [0, 0.1) is 0 Å². The van der Waals surface area contributed by atoms with Gasteiger partial charge in [0.05, 0.1) is 0 Å². The third kappa shape index (κ3) is 5.75. The summed E-state index contributed by atoms with van der Waals surface area (Å²) < 4.78 is 0. The Morgan fingerprint density at radius 3 is 2.74 bits per heavy atom. The average Bonchev–Trinajstić information content (AvgIpc) is 2.37. The Hall–Kier alpha value is -1.55. The van der Waals surface area contributed by atoms with E-state index >= 15 is 0 Å². The summed E-state index contributed by atoms with van der Waals surface area (Å²) in [7, 11) is 2.11. The van der Waals surface area contributed by atoms with Crippen molar-refractivity contribution in [2.45, 2.75) is 32.7 Å². The van der Waals surface area contributed by atoms with Gasteiger partial charge in [-0.15, -0.1) is 0 Å². The van der Waals surface area contributed by atoms with Gasteiger partial charge in [-0.1, -0.05) is 6.07 Å². The summed E-state index contributed by atoms with van der Waals surface area (Å²) in [5.74, 6) is -0.0145. The van der Waals surface area contributed by atoms with Gasteiger partial charge in [-0.3, -0.25) is 4.79 Å². The van der Waals surface area contributed by atoms with Crippen molar-refractivity contribution in [1.29, 1.82) is 0 Å². The number of hydrogen-bond acceptors (Lipinski definition) is 3. The average molecular weight is 264 g/mol. The maximum absolute atomic E-state index is 11.8. The molecule has 1 rings (SSSR count). The van der Waals surface area contributed by atoms with Gasteiger partial charge in [0.1, 0.15) is 5.75 Å². The zero-order valence-electron chi connectivity index (χ0n) is 12.0. The molecule has 1 aromatic carbocycles. The third-order valence-corrected chi connectivity index (χ3v) is 3.21. The number of unbranched alkanes of at least 4 members (excludes halogenated alkanes) is 1. The van der Waals surface area contributed by atoms with Crippen LogP contribution in [0.2, 0.25) is 0 Å². The molecule has 106 valence electrons. The van der Waals surface area contributed by atoms with Crippen molar-refractivity contribution < 1.29 is 9.90 Å². The van der Waals surface area contributed by atoms with Gasteiger partial charge in [0.15, 0.2) is 0 Å². The highest BCUT2D eigenvalue weighted by atomic mass is 16.3. The number of benzene rings is 1. The Kier molecular flexibility index (Phi) is 6.36. The molecule has 1 aromatic rings. The smallest absolute Gasteiger partial charge is 0.251 e. The van der Waals surface area contributed by atoms with Crippen molar-refractivity contribution in [3.63, 3.8) is 0 Å². The minimum atomic E-state index is -0.131. The molecule has 0 radical (unpaired) electrons. The van der Waals surface area contributed by atoms with Crippen LogP contribution in [0.1, 0.15) is 37.0 Å². The van der Waals surface area contributed by atoms with Crippen LogP contribution in [0.15, 0.2) is 24.3 Å². The second kappa shape index (κ2) is 7.79. The van der Waals surface area contributed by atoms with E-state index in [1.165, 1.54) is 6.07 Å². The van der Waals surface area contributed by atoms with Crippen LogP contribution in [-0.2, 0) is 0 Å². The van der Waals surface area contributed by atoms with Gasteiger partial charge in [-0.05, 0) is 58.5 Å². The molecule has 0 aliphatic heterocycles. The summed E-state index contributed by atoms with van der Waals surface area (Å²) in [6, 6.07) is 6.95. The molecule has 4 nitrogen and oxygen atoms in total. The van der Waals surface area contributed by atoms with Crippen molar-refractivity contribution in [2.75, 3.05) is 20.1 Å². The first-order valence-corrected chi connectivity index (χ1v) is 6.78. The summed E-state index contributed by atoms with van der Waals surface area (Å²) in [4.78, 5) is 14.1. The van der Waals surface area contributed by atoms with Crippen LogP contribution in [0.4, 0.5) is 0 Å². The number of rotatable bonds is 7. The van der Waals surface area contributed by atoms with Crippen LogP contribution in [0.3, 0.4) is 0 Å². The van der Waals surface area contributed by atoms with E-state index in [-0.39, 0.29) is 11.7 Å². The van der Waals surface area contributed by atoms with Crippen molar-refractivity contribution in [2.24, 2.45) is 0 Å². The number of amides is 1. The molecule has 0 spiro atoms. The number of hydrogen-bond donors (Lipinski definition) is 2. The van der Waals surface area contributed by atoms with E-state index < -0.39 is 0 Å². The molecule has 4 heteroatoms. The van der Waals surface area contributed by atoms with Gasteiger partial charge >= 0.3 is 0 Å². The maximum Gasteiger partial charge on any atom is 0.251 e. The van der Waals surface area contributed by atoms with Crippen molar-refractivity contribution >= 4 is 5.91 Å². The zero-order valence-corrected chi connectivity index (χ0v) is 12.0. The van der Waals surface area contributed by atoms with E-state index in [0.717, 1.165) is 19.4 Å². The lowest BCUT2D eigenvalue weighted by Crippen LogP contribution is -2.29. The summed E-state index contributed by atoms with van der Waals surface area (Å²) in [5, 5.41) is 12.2. The Labute approximate surface area is 115 Å². The molecule has 0 aliphatic rings. The number of aromatic hydroxyl groups is 1. The predicted molar refractivity (Wildman–Crippen MR) is 77.4 cm³/mol. The van der Waals surface area contributed by atoms with Crippen molar-refractivity contribution in [3.8, 4) is 5.75 Å². The number of phenolic OH excluding ortho intramolecular Hbond substituents is 1.